The molecule has 2 aliphatic rings. The van der Waals surface area contributed by atoms with Crippen molar-refractivity contribution in [3.05, 3.63) is 65.6 Å². The van der Waals surface area contributed by atoms with Crippen LogP contribution in [0.2, 0.25) is 0 Å². The highest BCUT2D eigenvalue weighted by Gasteiger charge is 2.46. The van der Waals surface area contributed by atoms with Gasteiger partial charge in [-0.05, 0) is 43.7 Å². The van der Waals surface area contributed by atoms with Gasteiger partial charge >= 0.3 is 6.09 Å². The van der Waals surface area contributed by atoms with Gasteiger partial charge in [-0.3, -0.25) is 9.78 Å². The van der Waals surface area contributed by atoms with Gasteiger partial charge in [0.2, 0.25) is 0 Å². The first-order valence-corrected chi connectivity index (χ1v) is 12.7. The number of ether oxygens (including phenoxy) is 1. The van der Waals surface area contributed by atoms with E-state index in [0.717, 1.165) is 17.4 Å². The van der Waals surface area contributed by atoms with Crippen molar-refractivity contribution < 1.29 is 28.2 Å². The molecule has 6 rings (SSSR count). The van der Waals surface area contributed by atoms with Crippen LogP contribution >= 0.6 is 0 Å². The van der Waals surface area contributed by atoms with E-state index in [1.165, 1.54) is 36.4 Å². The quantitative estimate of drug-likeness (QED) is 0.380. The first-order chi connectivity index (χ1) is 19.2. The molecule has 0 saturated carbocycles. The molecule has 10 nitrogen and oxygen atoms in total. The molecule has 2 aliphatic heterocycles. The number of halogens is 2. The number of piperazine rings is 1. The van der Waals surface area contributed by atoms with Gasteiger partial charge in [-0.15, -0.1) is 0 Å². The van der Waals surface area contributed by atoms with Crippen molar-refractivity contribution in [3.63, 3.8) is 0 Å². The second-order valence-corrected chi connectivity index (χ2v) is 9.97. The maximum absolute atomic E-state index is 15.7. The summed E-state index contributed by atoms with van der Waals surface area (Å²) in [6.45, 7) is 2.65. The number of fused-ring (bicyclic) bond motifs is 3. The highest BCUT2D eigenvalue weighted by Crippen LogP contribution is 2.42. The summed E-state index contributed by atoms with van der Waals surface area (Å²) >= 11 is 0. The average molecular weight is 549 g/mol. The number of carboxylic acid groups (broad SMARTS) is 1. The lowest BCUT2D eigenvalue weighted by molar-refractivity contribution is 0.102. The monoisotopic (exact) mass is 548 g/mol. The Morgan fingerprint density at radius 2 is 1.93 bits per heavy atom. The fourth-order valence-corrected chi connectivity index (χ4v) is 5.82. The van der Waals surface area contributed by atoms with Gasteiger partial charge in [0.25, 0.3) is 5.91 Å². The predicted octanol–water partition coefficient (Wildman–Crippen LogP) is 4.42. The molecule has 0 radical (unpaired) electrons. The Kier molecular flexibility index (Phi) is 6.05. The molecule has 4 aromatic rings. The minimum Gasteiger partial charge on any atom is -0.496 e. The van der Waals surface area contributed by atoms with Crippen LogP contribution in [0.25, 0.3) is 22.3 Å². The summed E-state index contributed by atoms with van der Waals surface area (Å²) in [5.74, 6) is -1.62. The van der Waals surface area contributed by atoms with E-state index in [2.05, 4.69) is 15.2 Å². The third-order valence-electron chi connectivity index (χ3n) is 7.84. The van der Waals surface area contributed by atoms with E-state index in [4.69, 9.17) is 9.72 Å². The zero-order valence-electron chi connectivity index (χ0n) is 22.0. The van der Waals surface area contributed by atoms with Crippen molar-refractivity contribution in [2.24, 2.45) is 7.05 Å². The maximum atomic E-state index is 15.7. The van der Waals surface area contributed by atoms with Crippen LogP contribution in [0.4, 0.5) is 25.0 Å². The number of aryl methyl sites for hydroxylation is 2. The van der Waals surface area contributed by atoms with Crippen LogP contribution < -0.4 is 15.0 Å². The summed E-state index contributed by atoms with van der Waals surface area (Å²) in [6.07, 6.45) is 0.947. The highest BCUT2D eigenvalue weighted by atomic mass is 19.1. The van der Waals surface area contributed by atoms with Gasteiger partial charge in [0, 0.05) is 32.4 Å². The molecule has 2 amide bonds. The minimum atomic E-state index is -0.989. The third-order valence-corrected chi connectivity index (χ3v) is 7.84. The normalized spacial score (nSPS) is 18.0. The number of nitrogens with zero attached hydrogens (tertiary/aromatic N) is 5. The molecule has 0 spiro atoms. The van der Waals surface area contributed by atoms with Gasteiger partial charge < -0.3 is 29.5 Å². The molecule has 4 heterocycles. The van der Waals surface area contributed by atoms with Crippen LogP contribution in [-0.2, 0) is 7.05 Å². The number of likely N-dealkylation sites (tertiary alicyclic amines) is 1. The number of carbonyl (C=O) groups is 2. The number of aromatic nitrogens is 3. The second-order valence-electron chi connectivity index (χ2n) is 9.97. The van der Waals surface area contributed by atoms with E-state index in [-0.39, 0.29) is 34.7 Å². The maximum Gasteiger partial charge on any atom is 0.407 e. The SMILES string of the molecule is COc1cccc(F)c1-c1nccc(C(=O)Nc2ccc3c(nc(C)n3C)c2N2CC3CC2CN3C(=O)O)c1F. The Bertz CT molecular complexity index is 1690. The number of hydrogen-bond donors (Lipinski definition) is 2. The van der Waals surface area contributed by atoms with Crippen LogP contribution in [0, 0.1) is 18.6 Å². The van der Waals surface area contributed by atoms with Crippen molar-refractivity contribution in [1.82, 2.24) is 19.4 Å². The first-order valence-electron chi connectivity index (χ1n) is 12.7. The summed E-state index contributed by atoms with van der Waals surface area (Å²) < 4.78 is 37.6. The second kappa shape index (κ2) is 9.47. The summed E-state index contributed by atoms with van der Waals surface area (Å²) in [5.41, 5.74) is 1.71. The van der Waals surface area contributed by atoms with Gasteiger partial charge in [0.1, 0.15) is 28.6 Å². The molecule has 2 N–H and O–H groups in total. The summed E-state index contributed by atoms with van der Waals surface area (Å²) in [5, 5.41) is 12.4. The highest BCUT2D eigenvalue weighted by molar-refractivity contribution is 6.09. The zero-order valence-corrected chi connectivity index (χ0v) is 22.0. The van der Waals surface area contributed by atoms with Crippen LogP contribution in [0.1, 0.15) is 22.6 Å². The molecule has 2 saturated heterocycles. The summed E-state index contributed by atoms with van der Waals surface area (Å²) in [7, 11) is 3.23. The smallest absolute Gasteiger partial charge is 0.407 e. The van der Waals surface area contributed by atoms with Crippen LogP contribution in [0.15, 0.2) is 42.6 Å². The standard InChI is InChI=1S/C28H26F2N6O4/c1-14-32-24-20(34(14)2)8-7-19(26(24)35-12-16-11-15(35)13-36(16)28(38)39)33-27(37)17-9-10-31-25(23(17)30)22-18(29)5-4-6-21(22)40-3/h4-10,15-16H,11-13H2,1-3H3,(H,33,37)(H,38,39). The Hall–Kier alpha value is -4.74. The minimum absolute atomic E-state index is 0.0849. The molecule has 2 aromatic heterocycles. The number of imidazole rings is 1. The molecule has 2 fully saturated rings. The van der Waals surface area contributed by atoms with E-state index in [9.17, 15) is 19.1 Å². The largest absolute Gasteiger partial charge is 0.496 e. The Labute approximate surface area is 227 Å². The van der Waals surface area contributed by atoms with Crippen LogP contribution in [0.3, 0.4) is 0 Å². The molecule has 40 heavy (non-hydrogen) atoms. The van der Waals surface area contributed by atoms with E-state index >= 15 is 4.39 Å². The number of anilines is 2. The van der Waals surface area contributed by atoms with Crippen molar-refractivity contribution in [2.45, 2.75) is 25.4 Å². The number of pyridine rings is 1. The van der Waals surface area contributed by atoms with Crippen LogP contribution in [-0.4, -0.2) is 68.8 Å². The van der Waals surface area contributed by atoms with Gasteiger partial charge in [0.05, 0.1) is 41.2 Å². The van der Waals surface area contributed by atoms with Gasteiger partial charge in [-0.25, -0.2) is 18.6 Å². The molecule has 0 aliphatic carbocycles. The summed E-state index contributed by atoms with van der Waals surface area (Å²) in [6, 6.07) is 8.60. The number of amides is 2. The molecule has 2 atom stereocenters. The molecule has 12 heteroatoms. The fourth-order valence-electron chi connectivity index (χ4n) is 5.82. The number of carbonyl (C=O) groups excluding carboxylic acids is 1. The lowest BCUT2D eigenvalue weighted by Gasteiger charge is -2.35. The van der Waals surface area contributed by atoms with Crippen molar-refractivity contribution in [1.29, 1.82) is 0 Å². The Morgan fingerprint density at radius 1 is 1.12 bits per heavy atom. The molecular weight excluding hydrogens is 522 g/mol. The molecular formula is C28H26F2N6O4. The number of benzene rings is 2. The van der Waals surface area contributed by atoms with E-state index in [0.29, 0.717) is 36.4 Å². The Balaban J connectivity index is 1.40. The molecule has 2 unspecified atom stereocenters. The Morgan fingerprint density at radius 3 is 2.62 bits per heavy atom. The van der Waals surface area contributed by atoms with Gasteiger partial charge in [-0.1, -0.05) is 6.07 Å². The molecule has 2 aromatic carbocycles. The number of rotatable bonds is 5. The molecule has 206 valence electrons. The van der Waals surface area contributed by atoms with Gasteiger partial charge in [-0.2, -0.15) is 0 Å². The van der Waals surface area contributed by atoms with Crippen molar-refractivity contribution in [2.75, 3.05) is 30.4 Å². The average Bonchev–Trinajstić information content (AvgIpc) is 3.62. The van der Waals surface area contributed by atoms with E-state index < -0.39 is 23.6 Å². The number of hydrogen-bond acceptors (Lipinski definition) is 6. The van der Waals surface area contributed by atoms with Crippen molar-refractivity contribution >= 4 is 34.4 Å². The van der Waals surface area contributed by atoms with Crippen molar-refractivity contribution in [3.8, 4) is 17.0 Å². The lowest BCUT2D eigenvalue weighted by atomic mass is 10.1. The fraction of sp³-hybridized carbons (Fsp3) is 0.286. The lowest BCUT2D eigenvalue weighted by Crippen LogP contribution is -2.48. The number of nitrogens with one attached hydrogen (secondary N) is 1. The third kappa shape index (κ3) is 3.90. The zero-order chi connectivity index (χ0) is 28.3. The van der Waals surface area contributed by atoms with Gasteiger partial charge in [0.15, 0.2) is 5.82 Å². The van der Waals surface area contributed by atoms with Crippen LogP contribution in [0.5, 0.6) is 5.75 Å². The van der Waals surface area contributed by atoms with E-state index in [1.54, 1.807) is 6.07 Å². The number of methoxy groups -OCH3 is 1. The molecule has 2 bridgehead atoms. The topological polar surface area (TPSA) is 113 Å². The van der Waals surface area contributed by atoms with E-state index in [1.807, 2.05) is 24.6 Å². The summed E-state index contributed by atoms with van der Waals surface area (Å²) in [4.78, 5) is 37.4. The predicted molar refractivity (Wildman–Crippen MR) is 144 cm³/mol. The first kappa shape index (κ1) is 25.5.